The molecule has 2 aromatic heterocycles. The molecule has 0 fully saturated rings. The van der Waals surface area contributed by atoms with Crippen LogP contribution >= 0.6 is 0 Å². The lowest BCUT2D eigenvalue weighted by molar-refractivity contribution is 0.548. The van der Waals surface area contributed by atoms with E-state index in [2.05, 4.69) is 78.6 Å². The second-order valence-electron chi connectivity index (χ2n) is 9.63. The highest BCUT2D eigenvalue weighted by Crippen LogP contribution is 2.43. The average Bonchev–Trinajstić information content (AvgIpc) is 3.34. The van der Waals surface area contributed by atoms with Crippen molar-refractivity contribution in [2.45, 2.75) is 39.0 Å². The summed E-state index contributed by atoms with van der Waals surface area (Å²) in [6.07, 6.45) is 7.41. The number of rotatable bonds is 1. The first-order chi connectivity index (χ1) is 17.2. The molecule has 4 aromatic carbocycles. The van der Waals surface area contributed by atoms with Crippen LogP contribution in [-0.2, 0) is 6.42 Å². The fraction of sp³-hybridized carbons (Fsp3) is 0.182. The molecule has 6 aromatic rings. The van der Waals surface area contributed by atoms with E-state index in [1.807, 2.05) is 37.5 Å². The second-order valence-corrected chi connectivity index (χ2v) is 9.63. The number of hydrogen-bond acceptors (Lipinski definition) is 2. The molecule has 2 heteroatoms. The van der Waals surface area contributed by atoms with Crippen molar-refractivity contribution >= 4 is 32.3 Å². The van der Waals surface area contributed by atoms with E-state index in [0.717, 1.165) is 11.5 Å². The number of furan rings is 1. The van der Waals surface area contributed by atoms with Crippen LogP contribution in [-0.4, -0.2) is 4.98 Å². The number of nitrogens with zero attached hydrogens (tertiary/aromatic N) is 1. The lowest BCUT2D eigenvalue weighted by Gasteiger charge is -2.25. The normalized spacial score (nSPS) is 15.1. The predicted octanol–water partition coefficient (Wildman–Crippen LogP) is 9.24. The summed E-state index contributed by atoms with van der Waals surface area (Å²) >= 11 is 0. The van der Waals surface area contributed by atoms with E-state index in [1.165, 1.54) is 68.3 Å². The largest absolute Gasteiger partial charge is 0.461 e. The van der Waals surface area contributed by atoms with E-state index in [-0.39, 0.29) is 0 Å². The summed E-state index contributed by atoms with van der Waals surface area (Å²) in [4.78, 5) is 4.01. The van der Waals surface area contributed by atoms with E-state index < -0.39 is 0 Å². The van der Waals surface area contributed by atoms with Crippen molar-refractivity contribution in [1.82, 2.24) is 4.98 Å². The van der Waals surface area contributed by atoms with Gasteiger partial charge in [0.1, 0.15) is 11.5 Å². The molecule has 0 aliphatic heterocycles. The zero-order valence-corrected chi connectivity index (χ0v) is 20.3. The Morgan fingerprint density at radius 3 is 2.40 bits per heavy atom. The van der Waals surface area contributed by atoms with Crippen LogP contribution in [0, 0.1) is 6.92 Å². The van der Waals surface area contributed by atoms with Crippen molar-refractivity contribution in [1.29, 1.82) is 0 Å². The Labute approximate surface area is 206 Å². The van der Waals surface area contributed by atoms with Crippen LogP contribution < -0.4 is 0 Å². The van der Waals surface area contributed by atoms with Crippen molar-refractivity contribution in [3.8, 4) is 11.3 Å². The molecule has 0 N–H and O–H groups in total. The molecule has 35 heavy (non-hydrogen) atoms. The number of pyridine rings is 1. The van der Waals surface area contributed by atoms with E-state index >= 15 is 0 Å². The molecule has 7 rings (SSSR count). The molecular formula is C33H29NO. The Bertz CT molecular complexity index is 1590. The van der Waals surface area contributed by atoms with Gasteiger partial charge in [0.05, 0.1) is 0 Å². The van der Waals surface area contributed by atoms with Gasteiger partial charge in [0.25, 0.3) is 0 Å². The molecule has 0 bridgehead atoms. The molecule has 0 saturated carbocycles. The summed E-state index contributed by atoms with van der Waals surface area (Å²) < 4.78 is 6.04. The maximum atomic E-state index is 6.04. The van der Waals surface area contributed by atoms with Gasteiger partial charge >= 0.3 is 0 Å². The van der Waals surface area contributed by atoms with Gasteiger partial charge in [-0.2, -0.15) is 0 Å². The van der Waals surface area contributed by atoms with Crippen LogP contribution in [0.2, 0.25) is 0 Å². The molecule has 0 saturated heterocycles. The van der Waals surface area contributed by atoms with Gasteiger partial charge in [-0.15, -0.1) is 0 Å². The quantitative estimate of drug-likeness (QED) is 0.231. The van der Waals surface area contributed by atoms with Crippen molar-refractivity contribution in [2.24, 2.45) is 0 Å². The molecule has 1 unspecified atom stereocenters. The second kappa shape index (κ2) is 9.03. The third-order valence-corrected chi connectivity index (χ3v) is 7.32. The minimum Gasteiger partial charge on any atom is -0.461 e. The standard InChI is InChI=1S/C24H22O.C9H7N/c1-15-6-5-9-20-18(15)11-12-21-19-8-4-3-7-17(19)14-22(24(20)21)23-13-10-16(2)25-23;1-2-4-9-7-10-6-5-8(9)3-1/h3-4,7-8,10-15H,5-6,9H2,1-2H3;1-7H. The summed E-state index contributed by atoms with van der Waals surface area (Å²) in [5.74, 6) is 2.60. The molecule has 0 radical (unpaired) electrons. The number of aryl methyl sites for hydroxylation is 2. The predicted molar refractivity (Wildman–Crippen MR) is 147 cm³/mol. The molecule has 1 atom stereocenters. The van der Waals surface area contributed by atoms with Gasteiger partial charge in [-0.05, 0) is 99.8 Å². The van der Waals surface area contributed by atoms with Gasteiger partial charge in [0, 0.05) is 18.0 Å². The minimum absolute atomic E-state index is 0.644. The van der Waals surface area contributed by atoms with Crippen molar-refractivity contribution in [3.05, 3.63) is 114 Å². The van der Waals surface area contributed by atoms with E-state index in [0.29, 0.717) is 5.92 Å². The first-order valence-electron chi connectivity index (χ1n) is 12.5. The topological polar surface area (TPSA) is 26.0 Å². The zero-order valence-electron chi connectivity index (χ0n) is 20.3. The minimum atomic E-state index is 0.644. The molecule has 0 amide bonds. The van der Waals surface area contributed by atoms with Crippen LogP contribution in [0.5, 0.6) is 0 Å². The molecule has 1 aliphatic carbocycles. The van der Waals surface area contributed by atoms with Crippen molar-refractivity contribution in [2.75, 3.05) is 0 Å². The third kappa shape index (κ3) is 4.00. The number of aromatic nitrogens is 1. The lowest BCUT2D eigenvalue weighted by Crippen LogP contribution is -2.08. The van der Waals surface area contributed by atoms with Gasteiger partial charge in [-0.3, -0.25) is 4.98 Å². The van der Waals surface area contributed by atoms with Crippen LogP contribution in [0.25, 0.3) is 43.6 Å². The summed E-state index contributed by atoms with van der Waals surface area (Å²) in [6.45, 7) is 4.38. The Kier molecular flexibility index (Phi) is 5.58. The fourth-order valence-corrected chi connectivity index (χ4v) is 5.56. The highest BCUT2D eigenvalue weighted by Gasteiger charge is 2.22. The monoisotopic (exact) mass is 455 g/mol. The Hall–Kier alpha value is -3.91. The van der Waals surface area contributed by atoms with E-state index in [4.69, 9.17) is 4.42 Å². The molecule has 0 spiro atoms. The first-order valence-corrected chi connectivity index (χ1v) is 12.5. The van der Waals surface area contributed by atoms with Gasteiger partial charge in [0.2, 0.25) is 0 Å². The summed E-state index contributed by atoms with van der Waals surface area (Å²) in [6, 6.07) is 30.1. The first kappa shape index (κ1) is 21.6. The van der Waals surface area contributed by atoms with Crippen molar-refractivity contribution < 1.29 is 4.42 Å². The lowest BCUT2D eigenvalue weighted by atomic mass is 9.79. The van der Waals surface area contributed by atoms with Crippen molar-refractivity contribution in [3.63, 3.8) is 0 Å². The SMILES string of the molecule is Cc1ccc(-c2cc3ccccc3c3ccc4c(c23)CCCC4C)o1.c1ccc2cnccc2c1. The molecule has 172 valence electrons. The van der Waals surface area contributed by atoms with Gasteiger partial charge in [0.15, 0.2) is 0 Å². The summed E-state index contributed by atoms with van der Waals surface area (Å²) in [5, 5.41) is 7.82. The molecule has 2 heterocycles. The maximum Gasteiger partial charge on any atom is 0.134 e. The van der Waals surface area contributed by atoms with E-state index in [9.17, 15) is 0 Å². The Balaban J connectivity index is 0.000000191. The zero-order chi connectivity index (χ0) is 23.8. The Morgan fingerprint density at radius 1 is 0.800 bits per heavy atom. The fourth-order valence-electron chi connectivity index (χ4n) is 5.56. The maximum absolute atomic E-state index is 6.04. The van der Waals surface area contributed by atoms with Gasteiger partial charge in [-0.25, -0.2) is 0 Å². The van der Waals surface area contributed by atoms with E-state index in [1.54, 1.807) is 0 Å². The highest BCUT2D eigenvalue weighted by molar-refractivity contribution is 6.14. The highest BCUT2D eigenvalue weighted by atomic mass is 16.3. The van der Waals surface area contributed by atoms with Crippen LogP contribution in [0.1, 0.15) is 42.6 Å². The molecular weight excluding hydrogens is 426 g/mol. The molecule has 1 aliphatic rings. The Morgan fingerprint density at radius 2 is 1.60 bits per heavy atom. The smallest absolute Gasteiger partial charge is 0.134 e. The molecule has 2 nitrogen and oxygen atoms in total. The third-order valence-electron chi connectivity index (χ3n) is 7.32. The number of fused-ring (bicyclic) bond motifs is 6. The van der Waals surface area contributed by atoms with Gasteiger partial charge in [-0.1, -0.05) is 67.6 Å². The summed E-state index contributed by atoms with van der Waals surface area (Å²) in [7, 11) is 0. The number of benzene rings is 4. The van der Waals surface area contributed by atoms with Crippen LogP contribution in [0.15, 0.2) is 102 Å². The van der Waals surface area contributed by atoms with Crippen LogP contribution in [0.4, 0.5) is 0 Å². The average molecular weight is 456 g/mol. The van der Waals surface area contributed by atoms with Crippen LogP contribution in [0.3, 0.4) is 0 Å². The number of hydrogen-bond donors (Lipinski definition) is 0. The van der Waals surface area contributed by atoms with Gasteiger partial charge < -0.3 is 4.42 Å². The summed E-state index contributed by atoms with van der Waals surface area (Å²) in [5.41, 5.74) is 4.30.